The maximum absolute atomic E-state index is 12.7. The van der Waals surface area contributed by atoms with Gasteiger partial charge in [-0.25, -0.2) is 0 Å². The minimum atomic E-state index is -0.547. The Hall–Kier alpha value is -1.06. The number of carbonyl (C=O) groups excluding carboxylic acids is 2. The van der Waals surface area contributed by atoms with E-state index in [4.69, 9.17) is 0 Å². The van der Waals surface area contributed by atoms with Crippen molar-refractivity contribution >= 4 is 11.8 Å². The van der Waals surface area contributed by atoms with Gasteiger partial charge in [-0.05, 0) is 25.2 Å². The number of nitrogens with zero attached hydrogens (tertiary/aromatic N) is 1. The van der Waals surface area contributed by atoms with Crippen molar-refractivity contribution in [2.45, 2.75) is 63.5 Å². The highest BCUT2D eigenvalue weighted by molar-refractivity contribution is 5.98. The monoisotopic (exact) mass is 250 g/mol. The molecule has 4 nitrogen and oxygen atoms in total. The Morgan fingerprint density at radius 1 is 1.28 bits per heavy atom. The van der Waals surface area contributed by atoms with Crippen LogP contribution in [0.1, 0.15) is 51.9 Å². The lowest BCUT2D eigenvalue weighted by atomic mass is 9.79. The van der Waals surface area contributed by atoms with Gasteiger partial charge in [0.25, 0.3) is 0 Å². The molecule has 2 atom stereocenters. The van der Waals surface area contributed by atoms with Crippen molar-refractivity contribution in [2.75, 3.05) is 6.54 Å². The number of amides is 2. The van der Waals surface area contributed by atoms with Crippen LogP contribution in [0.5, 0.6) is 0 Å². The molecule has 1 N–H and O–H groups in total. The lowest BCUT2D eigenvalue weighted by Gasteiger charge is -2.44. The minimum absolute atomic E-state index is 0.0400. The van der Waals surface area contributed by atoms with Gasteiger partial charge in [0.2, 0.25) is 11.8 Å². The Labute approximate surface area is 108 Å². The third-order valence-corrected chi connectivity index (χ3v) is 4.88. The molecule has 0 aromatic heterocycles. The first kappa shape index (κ1) is 12.0. The van der Waals surface area contributed by atoms with Gasteiger partial charge in [0.05, 0.1) is 6.54 Å². The molecule has 3 aliphatic rings. The second-order valence-electron chi connectivity index (χ2n) is 6.10. The van der Waals surface area contributed by atoms with Crippen LogP contribution in [0.15, 0.2) is 0 Å². The molecule has 2 unspecified atom stereocenters. The molecule has 2 saturated carbocycles. The molecule has 2 aliphatic carbocycles. The first-order chi connectivity index (χ1) is 8.66. The molecule has 1 spiro atoms. The first-order valence-electron chi connectivity index (χ1n) is 7.28. The summed E-state index contributed by atoms with van der Waals surface area (Å²) in [6.07, 6.45) is 7.17. The lowest BCUT2D eigenvalue weighted by Crippen LogP contribution is -2.67. The van der Waals surface area contributed by atoms with Crippen LogP contribution in [0.4, 0.5) is 0 Å². The van der Waals surface area contributed by atoms with E-state index in [9.17, 15) is 9.59 Å². The maximum atomic E-state index is 12.7. The van der Waals surface area contributed by atoms with E-state index < -0.39 is 5.54 Å². The van der Waals surface area contributed by atoms with E-state index in [2.05, 4.69) is 12.2 Å². The van der Waals surface area contributed by atoms with E-state index in [-0.39, 0.29) is 18.4 Å². The molecule has 1 saturated heterocycles. The van der Waals surface area contributed by atoms with E-state index in [0.717, 1.165) is 38.5 Å². The fraction of sp³-hybridized carbons (Fsp3) is 0.857. The van der Waals surface area contributed by atoms with Crippen LogP contribution >= 0.6 is 0 Å². The smallest absolute Gasteiger partial charge is 0.249 e. The predicted octanol–water partition coefficient (Wildman–Crippen LogP) is 1.45. The normalized spacial score (nSPS) is 34.6. The van der Waals surface area contributed by atoms with Crippen molar-refractivity contribution in [1.82, 2.24) is 10.2 Å². The van der Waals surface area contributed by atoms with E-state index in [1.165, 1.54) is 6.42 Å². The third-order valence-electron chi connectivity index (χ3n) is 4.88. The summed E-state index contributed by atoms with van der Waals surface area (Å²) in [6.45, 7) is 2.44. The molecular weight excluding hydrogens is 228 g/mol. The van der Waals surface area contributed by atoms with Gasteiger partial charge in [0.15, 0.2) is 0 Å². The van der Waals surface area contributed by atoms with Gasteiger partial charge >= 0.3 is 0 Å². The van der Waals surface area contributed by atoms with Crippen LogP contribution in [-0.4, -0.2) is 34.8 Å². The van der Waals surface area contributed by atoms with Crippen LogP contribution in [0.2, 0.25) is 0 Å². The van der Waals surface area contributed by atoms with Gasteiger partial charge in [-0.2, -0.15) is 0 Å². The number of hydrogen-bond donors (Lipinski definition) is 1. The fourth-order valence-corrected chi connectivity index (χ4v) is 3.68. The maximum Gasteiger partial charge on any atom is 0.249 e. The van der Waals surface area contributed by atoms with E-state index >= 15 is 0 Å². The Morgan fingerprint density at radius 2 is 2.00 bits per heavy atom. The van der Waals surface area contributed by atoms with Gasteiger partial charge < -0.3 is 10.2 Å². The molecular formula is C14H22N2O2. The van der Waals surface area contributed by atoms with E-state index in [1.54, 1.807) is 0 Å². The van der Waals surface area contributed by atoms with Crippen molar-refractivity contribution in [3.63, 3.8) is 0 Å². The summed E-state index contributed by atoms with van der Waals surface area (Å²) in [5, 5.41) is 3.00. The Morgan fingerprint density at radius 3 is 2.61 bits per heavy atom. The topological polar surface area (TPSA) is 49.4 Å². The van der Waals surface area contributed by atoms with Crippen molar-refractivity contribution in [3.8, 4) is 0 Å². The highest BCUT2D eigenvalue weighted by atomic mass is 16.2. The second kappa shape index (κ2) is 4.25. The second-order valence-corrected chi connectivity index (χ2v) is 6.10. The molecule has 0 aromatic rings. The molecule has 4 heteroatoms. The number of carbonyl (C=O) groups is 2. The first-order valence-corrected chi connectivity index (χ1v) is 7.28. The molecule has 1 heterocycles. The number of hydrogen-bond acceptors (Lipinski definition) is 2. The van der Waals surface area contributed by atoms with Crippen LogP contribution in [-0.2, 0) is 9.59 Å². The van der Waals surface area contributed by atoms with Gasteiger partial charge in [0.1, 0.15) is 5.54 Å². The van der Waals surface area contributed by atoms with Crippen molar-refractivity contribution < 1.29 is 9.59 Å². The van der Waals surface area contributed by atoms with E-state index in [1.807, 2.05) is 4.90 Å². The summed E-state index contributed by atoms with van der Waals surface area (Å²) in [6, 6.07) is 0.340. The molecule has 1 aliphatic heterocycles. The van der Waals surface area contributed by atoms with Crippen molar-refractivity contribution in [3.05, 3.63) is 0 Å². The Kier molecular flexibility index (Phi) is 2.83. The molecule has 100 valence electrons. The van der Waals surface area contributed by atoms with Crippen LogP contribution in [0.3, 0.4) is 0 Å². The number of piperazine rings is 1. The number of rotatable bonds is 2. The lowest BCUT2D eigenvalue weighted by molar-refractivity contribution is -0.152. The zero-order chi connectivity index (χ0) is 12.8. The van der Waals surface area contributed by atoms with Crippen LogP contribution in [0, 0.1) is 5.92 Å². The summed E-state index contributed by atoms with van der Waals surface area (Å²) >= 11 is 0. The third kappa shape index (κ3) is 1.82. The van der Waals surface area contributed by atoms with Crippen molar-refractivity contribution in [2.24, 2.45) is 5.92 Å². The van der Waals surface area contributed by atoms with Gasteiger partial charge in [0, 0.05) is 6.04 Å². The molecule has 0 bridgehead atoms. The summed E-state index contributed by atoms with van der Waals surface area (Å²) in [4.78, 5) is 26.5. The molecule has 3 rings (SSSR count). The quantitative estimate of drug-likeness (QED) is 0.806. The largest absolute Gasteiger partial charge is 0.340 e. The predicted molar refractivity (Wildman–Crippen MR) is 67.9 cm³/mol. The summed E-state index contributed by atoms with van der Waals surface area (Å²) in [5.41, 5.74) is -0.547. The van der Waals surface area contributed by atoms with Crippen LogP contribution < -0.4 is 5.32 Å². The molecule has 0 aromatic carbocycles. The van der Waals surface area contributed by atoms with Crippen molar-refractivity contribution in [1.29, 1.82) is 0 Å². The van der Waals surface area contributed by atoms with Gasteiger partial charge in [-0.15, -0.1) is 0 Å². The zero-order valence-electron chi connectivity index (χ0n) is 11.1. The highest BCUT2D eigenvalue weighted by Gasteiger charge is 2.53. The summed E-state index contributed by atoms with van der Waals surface area (Å²) < 4.78 is 0. The number of nitrogens with one attached hydrogen (secondary N) is 1. The van der Waals surface area contributed by atoms with E-state index in [0.29, 0.717) is 12.0 Å². The van der Waals surface area contributed by atoms with Crippen LogP contribution in [0.25, 0.3) is 0 Å². The average molecular weight is 250 g/mol. The van der Waals surface area contributed by atoms with Gasteiger partial charge in [-0.1, -0.05) is 32.6 Å². The molecule has 0 radical (unpaired) electrons. The zero-order valence-corrected chi connectivity index (χ0v) is 11.1. The summed E-state index contributed by atoms with van der Waals surface area (Å²) in [7, 11) is 0. The SMILES string of the molecule is CCC1CC1N1CC(=O)NC2(CCCCC2)C1=O. The highest BCUT2D eigenvalue weighted by Crippen LogP contribution is 2.42. The molecule has 3 fully saturated rings. The molecule has 2 amide bonds. The standard InChI is InChI=1S/C14H22N2O2/c1-2-10-8-11(10)16-9-12(17)15-14(13(16)18)6-4-3-5-7-14/h10-11H,2-9H2,1H3,(H,15,17). The Bertz CT molecular complexity index is 374. The average Bonchev–Trinajstić information content (AvgIpc) is 3.14. The van der Waals surface area contributed by atoms with Gasteiger partial charge in [-0.3, -0.25) is 9.59 Å². The minimum Gasteiger partial charge on any atom is -0.340 e. The molecule has 18 heavy (non-hydrogen) atoms. The summed E-state index contributed by atoms with van der Waals surface area (Å²) in [5.74, 6) is 0.862. The fourth-order valence-electron chi connectivity index (χ4n) is 3.68. The Balaban J connectivity index is 1.79.